The maximum Gasteiger partial charge on any atom is 0.347 e. The number of hydrogen-bond acceptors (Lipinski definition) is 5. The van der Waals surface area contributed by atoms with Crippen LogP contribution in [0, 0.1) is 5.92 Å². The van der Waals surface area contributed by atoms with E-state index in [-0.39, 0.29) is 11.9 Å². The molecule has 188 valence electrons. The maximum atomic E-state index is 12.1. The van der Waals surface area contributed by atoms with Gasteiger partial charge >= 0.3 is 5.97 Å². The fourth-order valence-electron chi connectivity index (χ4n) is 3.97. The minimum atomic E-state index is -0.624. The molecule has 0 fully saturated rings. The molecule has 1 heterocycles. The van der Waals surface area contributed by atoms with Crippen LogP contribution in [0.1, 0.15) is 64.8 Å². The summed E-state index contributed by atoms with van der Waals surface area (Å²) in [5.41, 5.74) is 3.78. The van der Waals surface area contributed by atoms with E-state index < -0.39 is 6.10 Å². The smallest absolute Gasteiger partial charge is 0.347 e. The second kappa shape index (κ2) is 12.4. The lowest BCUT2D eigenvalue weighted by molar-refractivity contribution is -0.149. The van der Waals surface area contributed by atoms with Gasteiger partial charge in [-0.1, -0.05) is 46.2 Å². The molecule has 3 rings (SSSR count). The van der Waals surface area contributed by atoms with Gasteiger partial charge in [-0.05, 0) is 54.7 Å². The number of methoxy groups -OCH3 is 1. The van der Waals surface area contributed by atoms with Gasteiger partial charge < -0.3 is 19.4 Å². The summed E-state index contributed by atoms with van der Waals surface area (Å²) in [6.45, 7) is 8.75. The third-order valence-electron chi connectivity index (χ3n) is 5.88. The zero-order chi connectivity index (χ0) is 25.4. The number of aryl methyl sites for hydroxylation is 1. The first-order valence-corrected chi connectivity index (χ1v) is 12.5. The first-order valence-electron chi connectivity index (χ1n) is 12.5. The van der Waals surface area contributed by atoms with E-state index in [4.69, 9.17) is 14.5 Å². The third-order valence-corrected chi connectivity index (χ3v) is 5.88. The summed E-state index contributed by atoms with van der Waals surface area (Å²) >= 11 is 0. The van der Waals surface area contributed by atoms with Crippen LogP contribution in [0.5, 0.6) is 5.75 Å². The van der Waals surface area contributed by atoms with Crippen molar-refractivity contribution in [2.45, 2.75) is 72.4 Å². The van der Waals surface area contributed by atoms with Crippen molar-refractivity contribution in [3.8, 4) is 5.75 Å². The fraction of sp³-hybridized carbons (Fsp3) is 0.464. The molecule has 3 aromatic rings. The number of aromatic nitrogens is 2. The summed E-state index contributed by atoms with van der Waals surface area (Å²) in [7, 11) is 1.38. The number of anilines is 1. The van der Waals surface area contributed by atoms with Gasteiger partial charge in [0.15, 0.2) is 6.10 Å². The molecule has 0 bridgehead atoms. The van der Waals surface area contributed by atoms with Crippen molar-refractivity contribution < 1.29 is 19.1 Å². The summed E-state index contributed by atoms with van der Waals surface area (Å²) in [5, 5.41) is 2.95. The number of rotatable bonds is 12. The number of nitrogens with one attached hydrogen (secondary N) is 1. The highest BCUT2D eigenvalue weighted by Crippen LogP contribution is 2.24. The molecular weight excluding hydrogens is 442 g/mol. The van der Waals surface area contributed by atoms with Gasteiger partial charge in [0, 0.05) is 25.1 Å². The topological polar surface area (TPSA) is 82.5 Å². The molecule has 1 atom stereocenters. The van der Waals surface area contributed by atoms with Crippen LogP contribution in [-0.2, 0) is 27.3 Å². The van der Waals surface area contributed by atoms with Crippen molar-refractivity contribution in [1.29, 1.82) is 0 Å². The zero-order valence-electron chi connectivity index (χ0n) is 21.5. The SMILES string of the molecule is CCCCc1nc2ccc(NC(=O)CC)cc2n1Cc1ccc(OC(CC(C)C)C(=O)OC)cc1. The number of ether oxygens (including phenoxy) is 2. The Morgan fingerprint density at radius 3 is 2.46 bits per heavy atom. The monoisotopic (exact) mass is 479 g/mol. The summed E-state index contributed by atoms with van der Waals surface area (Å²) in [6.07, 6.45) is 3.43. The second-order valence-corrected chi connectivity index (χ2v) is 9.23. The number of benzene rings is 2. The quantitative estimate of drug-likeness (QED) is 0.335. The maximum absolute atomic E-state index is 12.1. The normalized spacial score (nSPS) is 12.1. The van der Waals surface area contributed by atoms with Crippen LogP contribution in [0.3, 0.4) is 0 Å². The lowest BCUT2D eigenvalue weighted by Gasteiger charge is -2.19. The highest BCUT2D eigenvalue weighted by molar-refractivity contribution is 5.93. The number of unbranched alkanes of at least 4 members (excludes halogenated alkanes) is 1. The van der Waals surface area contributed by atoms with Crippen molar-refractivity contribution in [2.75, 3.05) is 12.4 Å². The Balaban J connectivity index is 1.85. The Morgan fingerprint density at radius 2 is 1.83 bits per heavy atom. The van der Waals surface area contributed by atoms with Crippen molar-refractivity contribution in [3.05, 3.63) is 53.9 Å². The number of carbonyl (C=O) groups excluding carboxylic acids is 2. The molecule has 7 heteroatoms. The number of amides is 1. The average Bonchev–Trinajstić information content (AvgIpc) is 3.18. The van der Waals surface area contributed by atoms with E-state index in [1.54, 1.807) is 0 Å². The van der Waals surface area contributed by atoms with E-state index in [2.05, 4.69) is 16.8 Å². The predicted octanol–water partition coefficient (Wildman–Crippen LogP) is 5.74. The van der Waals surface area contributed by atoms with Crippen LogP contribution >= 0.6 is 0 Å². The summed E-state index contributed by atoms with van der Waals surface area (Å²) in [4.78, 5) is 28.9. The van der Waals surface area contributed by atoms with Gasteiger partial charge in [0.05, 0.1) is 18.1 Å². The van der Waals surface area contributed by atoms with Crippen LogP contribution in [-0.4, -0.2) is 34.6 Å². The zero-order valence-corrected chi connectivity index (χ0v) is 21.5. The molecule has 35 heavy (non-hydrogen) atoms. The van der Waals surface area contributed by atoms with E-state index >= 15 is 0 Å². The van der Waals surface area contributed by atoms with Gasteiger partial charge in [-0.25, -0.2) is 9.78 Å². The van der Waals surface area contributed by atoms with Gasteiger partial charge in [-0.2, -0.15) is 0 Å². The largest absolute Gasteiger partial charge is 0.479 e. The summed E-state index contributed by atoms with van der Waals surface area (Å²) in [6, 6.07) is 13.7. The van der Waals surface area contributed by atoms with Crippen molar-refractivity contribution >= 4 is 28.6 Å². The molecule has 0 aliphatic heterocycles. The molecule has 1 aromatic heterocycles. The van der Waals surface area contributed by atoms with E-state index in [1.807, 2.05) is 63.2 Å². The Kier molecular flexibility index (Phi) is 9.29. The molecule has 0 spiro atoms. The van der Waals surface area contributed by atoms with Gasteiger partial charge in [0.2, 0.25) is 5.91 Å². The Morgan fingerprint density at radius 1 is 1.09 bits per heavy atom. The molecule has 0 aliphatic carbocycles. The first-order chi connectivity index (χ1) is 16.8. The number of hydrogen-bond donors (Lipinski definition) is 1. The van der Waals surface area contributed by atoms with Crippen LogP contribution < -0.4 is 10.1 Å². The van der Waals surface area contributed by atoms with E-state index in [0.29, 0.717) is 31.1 Å². The first kappa shape index (κ1) is 26.3. The summed E-state index contributed by atoms with van der Waals surface area (Å²) in [5.74, 6) is 1.60. The van der Waals surface area contributed by atoms with Gasteiger partial charge in [0.25, 0.3) is 0 Å². The number of esters is 1. The lowest BCUT2D eigenvalue weighted by Crippen LogP contribution is -2.30. The molecule has 1 unspecified atom stereocenters. The number of imidazole rings is 1. The van der Waals surface area contributed by atoms with Gasteiger partial charge in [-0.15, -0.1) is 0 Å². The highest BCUT2D eigenvalue weighted by atomic mass is 16.6. The van der Waals surface area contributed by atoms with Gasteiger partial charge in [0.1, 0.15) is 11.6 Å². The fourth-order valence-corrected chi connectivity index (χ4v) is 3.97. The van der Waals surface area contributed by atoms with Crippen molar-refractivity contribution in [3.63, 3.8) is 0 Å². The molecule has 1 amide bonds. The van der Waals surface area contributed by atoms with E-state index in [9.17, 15) is 9.59 Å². The second-order valence-electron chi connectivity index (χ2n) is 9.23. The van der Waals surface area contributed by atoms with Crippen LogP contribution in [0.2, 0.25) is 0 Å². The Labute approximate surface area is 207 Å². The lowest BCUT2D eigenvalue weighted by atomic mass is 10.1. The summed E-state index contributed by atoms with van der Waals surface area (Å²) < 4.78 is 13.1. The van der Waals surface area contributed by atoms with Crippen LogP contribution in [0.15, 0.2) is 42.5 Å². The Bertz CT molecular complexity index is 1140. The molecule has 2 aromatic carbocycles. The van der Waals surface area contributed by atoms with Crippen molar-refractivity contribution in [1.82, 2.24) is 9.55 Å². The highest BCUT2D eigenvalue weighted by Gasteiger charge is 2.22. The molecular formula is C28H37N3O4. The minimum Gasteiger partial charge on any atom is -0.479 e. The van der Waals surface area contributed by atoms with Gasteiger partial charge in [-0.3, -0.25) is 4.79 Å². The number of carbonyl (C=O) groups is 2. The van der Waals surface area contributed by atoms with E-state index in [1.165, 1.54) is 7.11 Å². The molecule has 0 saturated carbocycles. The standard InChI is InChI=1S/C28H37N3O4/c1-6-8-9-26-30-23-15-12-21(29-27(32)7-2)17-24(23)31(26)18-20-10-13-22(14-11-20)35-25(16-19(3)4)28(33)34-5/h10-15,17,19,25H,6-9,16,18H2,1-5H3,(H,29,32). The van der Waals surface area contributed by atoms with E-state index in [0.717, 1.165) is 47.4 Å². The Hall–Kier alpha value is -3.35. The number of fused-ring (bicyclic) bond motifs is 1. The van der Waals surface area contributed by atoms with Crippen molar-refractivity contribution in [2.24, 2.45) is 5.92 Å². The minimum absolute atomic E-state index is 0.0139. The molecule has 1 N–H and O–H groups in total. The van der Waals surface area contributed by atoms with Crippen LogP contribution in [0.4, 0.5) is 5.69 Å². The molecule has 0 radical (unpaired) electrons. The third kappa shape index (κ3) is 7.07. The number of nitrogens with zero attached hydrogens (tertiary/aromatic N) is 2. The molecule has 0 aliphatic rings. The van der Waals surface area contributed by atoms with Crippen LogP contribution in [0.25, 0.3) is 11.0 Å². The average molecular weight is 480 g/mol. The molecule has 0 saturated heterocycles. The predicted molar refractivity (Wildman–Crippen MR) is 139 cm³/mol. The molecule has 7 nitrogen and oxygen atoms in total.